The van der Waals surface area contributed by atoms with Crippen molar-refractivity contribution in [3.05, 3.63) is 41.4 Å². The van der Waals surface area contributed by atoms with E-state index in [0.29, 0.717) is 13.0 Å². The zero-order valence-corrected chi connectivity index (χ0v) is 20.4. The van der Waals surface area contributed by atoms with E-state index in [1.807, 2.05) is 49.1 Å². The summed E-state index contributed by atoms with van der Waals surface area (Å²) in [5.41, 5.74) is 9.31. The van der Waals surface area contributed by atoms with E-state index in [2.05, 4.69) is 10.1 Å². The highest BCUT2D eigenvalue weighted by Crippen LogP contribution is 2.37. The van der Waals surface area contributed by atoms with Crippen LogP contribution >= 0.6 is 0 Å². The van der Waals surface area contributed by atoms with E-state index in [4.69, 9.17) is 10.3 Å². The van der Waals surface area contributed by atoms with E-state index in [1.54, 1.807) is 20.8 Å². The van der Waals surface area contributed by atoms with Crippen LogP contribution in [0.15, 0.2) is 30.3 Å². The molecule has 1 aliphatic rings. The summed E-state index contributed by atoms with van der Waals surface area (Å²) in [6, 6.07) is 8.15. The first-order valence-corrected chi connectivity index (χ1v) is 11.4. The second kappa shape index (κ2) is 11.3. The summed E-state index contributed by atoms with van der Waals surface area (Å²) in [7, 11) is 0. The Morgan fingerprint density at radius 3 is 2.39 bits per heavy atom. The van der Waals surface area contributed by atoms with Crippen LogP contribution in [0.4, 0.5) is 0 Å². The third-order valence-corrected chi connectivity index (χ3v) is 5.64. The first-order chi connectivity index (χ1) is 15.4. The van der Waals surface area contributed by atoms with Gasteiger partial charge in [0.15, 0.2) is 0 Å². The molecule has 0 radical (unpaired) electrons. The molecule has 2 rings (SSSR count). The normalized spacial score (nSPS) is 21.8. The molecule has 8 nitrogen and oxygen atoms in total. The molecule has 0 unspecified atom stereocenters. The Morgan fingerprint density at radius 1 is 1.24 bits per heavy atom. The summed E-state index contributed by atoms with van der Waals surface area (Å²) in [5.74, 6) is -1.40. The van der Waals surface area contributed by atoms with Crippen molar-refractivity contribution in [1.29, 1.82) is 0 Å². The van der Waals surface area contributed by atoms with Crippen molar-refractivity contribution in [3.63, 3.8) is 0 Å². The number of amides is 1. The number of carbonyl (C=O) groups excluding carboxylic acids is 3. The largest absolute Gasteiger partial charge is 0.459 e. The molecule has 1 aliphatic heterocycles. The number of hydrogen-bond donors (Lipinski definition) is 1. The number of ether oxygens (including phenoxy) is 1. The van der Waals surface area contributed by atoms with E-state index in [1.165, 1.54) is 6.92 Å². The summed E-state index contributed by atoms with van der Waals surface area (Å²) in [6.45, 7) is 11.4. The fourth-order valence-electron chi connectivity index (χ4n) is 4.57. The highest BCUT2D eigenvalue weighted by atomic mass is 16.6. The molecule has 1 saturated heterocycles. The van der Waals surface area contributed by atoms with Crippen LogP contribution in [0.3, 0.4) is 0 Å². The summed E-state index contributed by atoms with van der Waals surface area (Å²) in [6.07, 6.45) is 1.72. The molecule has 1 fully saturated rings. The average molecular weight is 457 g/mol. The second-order valence-corrected chi connectivity index (χ2v) is 10.1. The van der Waals surface area contributed by atoms with Crippen molar-refractivity contribution in [2.24, 2.45) is 11.8 Å². The Morgan fingerprint density at radius 2 is 1.88 bits per heavy atom. The molecule has 0 spiro atoms. The molecule has 0 aromatic heterocycles. The van der Waals surface area contributed by atoms with E-state index >= 15 is 0 Å². The van der Waals surface area contributed by atoms with Gasteiger partial charge in [-0.05, 0) is 45.1 Å². The predicted octanol–water partition coefficient (Wildman–Crippen LogP) is 3.01. The standard InChI is InChI=1S/C25H36N4O4/c1-16(2)12-20(28-17(3)30)23-19(22(31)14-27-26)13-21(24(32)33-25(4,5)6)29(23)15-18-10-8-7-9-11-18/h7-11,14,16,19-21,23H,12-13,15H2,1-6H3,(H,28,30)/t19-,20-,21+,23+/m0/s1. The Hall–Kier alpha value is -2.83. The number of carbonyl (C=O) groups is 3. The summed E-state index contributed by atoms with van der Waals surface area (Å²) >= 11 is 0. The number of hydrogen-bond acceptors (Lipinski definition) is 5. The van der Waals surface area contributed by atoms with Gasteiger partial charge >= 0.3 is 12.2 Å². The van der Waals surface area contributed by atoms with Crippen LogP contribution < -0.4 is 5.32 Å². The van der Waals surface area contributed by atoms with Crippen molar-refractivity contribution in [2.45, 2.75) is 84.7 Å². The van der Waals surface area contributed by atoms with Crippen LogP contribution in [0.2, 0.25) is 0 Å². The summed E-state index contributed by atoms with van der Waals surface area (Å²) in [5, 5.41) is 3.01. The van der Waals surface area contributed by atoms with Crippen LogP contribution in [0.25, 0.3) is 5.53 Å². The highest BCUT2D eigenvalue weighted by Gasteiger charge is 2.52. The lowest BCUT2D eigenvalue weighted by Crippen LogP contribution is -2.55. The van der Waals surface area contributed by atoms with Crippen molar-refractivity contribution in [2.75, 3.05) is 0 Å². The van der Waals surface area contributed by atoms with Crippen molar-refractivity contribution in [1.82, 2.24) is 10.2 Å². The molecule has 1 aromatic rings. The van der Waals surface area contributed by atoms with Gasteiger partial charge < -0.3 is 15.6 Å². The molecule has 180 valence electrons. The number of nitrogens with zero attached hydrogens (tertiary/aromatic N) is 3. The minimum atomic E-state index is -0.686. The maximum Gasteiger partial charge on any atom is 0.323 e. The van der Waals surface area contributed by atoms with E-state index < -0.39 is 29.6 Å². The molecule has 0 bridgehead atoms. The first-order valence-electron chi connectivity index (χ1n) is 11.4. The molecular formula is C25H36N4O4. The number of rotatable bonds is 9. The molecule has 8 heteroatoms. The van der Waals surface area contributed by atoms with E-state index in [9.17, 15) is 14.4 Å². The third kappa shape index (κ3) is 7.62. The lowest BCUT2D eigenvalue weighted by Gasteiger charge is -2.37. The average Bonchev–Trinajstić information content (AvgIpc) is 3.06. The monoisotopic (exact) mass is 456 g/mol. The van der Waals surface area contributed by atoms with Gasteiger partial charge in [-0.3, -0.25) is 19.3 Å². The Labute approximate surface area is 196 Å². The first kappa shape index (κ1) is 26.4. The van der Waals surface area contributed by atoms with Gasteiger partial charge in [0.25, 0.3) is 0 Å². The van der Waals surface area contributed by atoms with Crippen LogP contribution in [0, 0.1) is 11.8 Å². The zero-order valence-electron chi connectivity index (χ0n) is 20.4. The molecular weight excluding hydrogens is 420 g/mol. The molecule has 0 saturated carbocycles. The summed E-state index contributed by atoms with van der Waals surface area (Å²) < 4.78 is 5.71. The van der Waals surface area contributed by atoms with E-state index in [0.717, 1.165) is 11.8 Å². The van der Waals surface area contributed by atoms with Gasteiger partial charge in [-0.15, -0.1) is 0 Å². The number of esters is 1. The number of likely N-dealkylation sites (tertiary alicyclic amines) is 1. The molecule has 1 heterocycles. The molecule has 1 aromatic carbocycles. The van der Waals surface area contributed by atoms with Gasteiger partial charge in [0.05, 0.1) is 0 Å². The van der Waals surface area contributed by atoms with Crippen molar-refractivity contribution in [3.8, 4) is 0 Å². The quantitative estimate of drug-likeness (QED) is 0.266. The fourth-order valence-corrected chi connectivity index (χ4v) is 4.57. The van der Waals surface area contributed by atoms with Gasteiger partial charge in [-0.1, -0.05) is 44.2 Å². The SMILES string of the molecule is CC(=O)N[C@@H](CC(C)C)[C@H]1[C@H](C(=O)C=[N+]=[N-])C[C@H](C(=O)OC(C)(C)C)N1Cc1ccccc1. The molecule has 33 heavy (non-hydrogen) atoms. The van der Waals surface area contributed by atoms with Gasteiger partial charge in [-0.2, -0.15) is 4.79 Å². The second-order valence-electron chi connectivity index (χ2n) is 10.1. The van der Waals surface area contributed by atoms with Crippen molar-refractivity contribution < 1.29 is 23.9 Å². The Balaban J connectivity index is 2.57. The van der Waals surface area contributed by atoms with Gasteiger partial charge in [0.2, 0.25) is 11.7 Å². The van der Waals surface area contributed by atoms with E-state index in [-0.39, 0.29) is 30.1 Å². The van der Waals surface area contributed by atoms with Crippen LogP contribution in [0.5, 0.6) is 0 Å². The fraction of sp³-hybridized carbons (Fsp3) is 0.600. The molecule has 1 amide bonds. The smallest absolute Gasteiger partial charge is 0.323 e. The maximum atomic E-state index is 13.3. The van der Waals surface area contributed by atoms with Crippen molar-refractivity contribution >= 4 is 23.9 Å². The minimum Gasteiger partial charge on any atom is -0.459 e. The highest BCUT2D eigenvalue weighted by molar-refractivity contribution is 6.26. The lowest BCUT2D eigenvalue weighted by atomic mass is 9.86. The van der Waals surface area contributed by atoms with Crippen LogP contribution in [-0.4, -0.2) is 57.3 Å². The predicted molar refractivity (Wildman–Crippen MR) is 125 cm³/mol. The number of nitrogens with one attached hydrogen (secondary N) is 1. The molecule has 1 N–H and O–H groups in total. The van der Waals surface area contributed by atoms with Crippen LogP contribution in [-0.2, 0) is 25.7 Å². The van der Waals surface area contributed by atoms with Gasteiger partial charge in [-0.25, -0.2) is 0 Å². The Bertz CT molecular complexity index is 887. The topological polar surface area (TPSA) is 112 Å². The molecule has 0 aliphatic carbocycles. The lowest BCUT2D eigenvalue weighted by molar-refractivity contribution is -0.161. The minimum absolute atomic E-state index is 0.206. The van der Waals surface area contributed by atoms with Gasteiger partial charge in [0.1, 0.15) is 11.6 Å². The van der Waals surface area contributed by atoms with Crippen LogP contribution in [0.1, 0.15) is 59.9 Å². The number of ketones is 1. The zero-order chi connectivity index (χ0) is 24.8. The number of Topliss-reactive ketones (excluding diaryl/α,β-unsaturated/α-hetero) is 1. The van der Waals surface area contributed by atoms with Gasteiger partial charge in [0, 0.05) is 31.5 Å². The third-order valence-electron chi connectivity index (χ3n) is 5.64. The number of benzene rings is 1. The summed E-state index contributed by atoms with van der Waals surface area (Å²) in [4.78, 5) is 43.2. The maximum absolute atomic E-state index is 13.3. The Kier molecular flexibility index (Phi) is 9.08. The molecule has 4 atom stereocenters.